The average molecular weight is 400 g/mol. The van der Waals surface area contributed by atoms with Gasteiger partial charge in [0.25, 0.3) is 0 Å². The van der Waals surface area contributed by atoms with Crippen LogP contribution in [0.3, 0.4) is 0 Å². The third kappa shape index (κ3) is 4.30. The van der Waals surface area contributed by atoms with E-state index >= 15 is 0 Å². The molecule has 0 aliphatic rings. The SMILES string of the molecule is Fc1cc(OCC(Br)C(F)(F)F)c(Br)cc1Cl. The van der Waals surface area contributed by atoms with Gasteiger partial charge in [-0.25, -0.2) is 4.39 Å². The Hall–Kier alpha value is -0.0100. The molecule has 0 bridgehead atoms. The first-order chi connectivity index (χ1) is 7.71. The molecule has 0 fully saturated rings. The molecular formula is C9H5Br2ClF4O. The van der Waals surface area contributed by atoms with Crippen molar-refractivity contribution in [2.75, 3.05) is 6.61 Å². The van der Waals surface area contributed by atoms with Crippen molar-refractivity contribution in [3.05, 3.63) is 27.4 Å². The Kier molecular flexibility index (Phi) is 5.09. The highest BCUT2D eigenvalue weighted by Gasteiger charge is 2.38. The Labute approximate surface area is 116 Å². The zero-order chi connectivity index (χ0) is 13.2. The molecule has 17 heavy (non-hydrogen) atoms. The van der Waals surface area contributed by atoms with E-state index in [1.807, 2.05) is 0 Å². The second kappa shape index (κ2) is 5.75. The summed E-state index contributed by atoms with van der Waals surface area (Å²) < 4.78 is 54.7. The topological polar surface area (TPSA) is 9.23 Å². The molecule has 0 spiro atoms. The van der Waals surface area contributed by atoms with Gasteiger partial charge in [0.1, 0.15) is 23.0 Å². The molecule has 0 N–H and O–H groups in total. The molecule has 0 saturated carbocycles. The Bertz CT molecular complexity index is 411. The first kappa shape index (κ1) is 15.0. The molecule has 0 radical (unpaired) electrons. The predicted octanol–water partition coefficient (Wildman–Crippen LogP) is 4.95. The molecule has 1 unspecified atom stereocenters. The molecule has 1 rings (SSSR count). The van der Waals surface area contributed by atoms with Crippen LogP contribution >= 0.6 is 43.5 Å². The van der Waals surface area contributed by atoms with Crippen LogP contribution in [0, 0.1) is 5.82 Å². The van der Waals surface area contributed by atoms with E-state index in [1.54, 1.807) is 0 Å². The van der Waals surface area contributed by atoms with Crippen LogP contribution in [-0.2, 0) is 0 Å². The van der Waals surface area contributed by atoms with Crippen LogP contribution in [0.2, 0.25) is 5.02 Å². The second-order valence-electron chi connectivity index (χ2n) is 3.02. The number of hydrogen-bond acceptors (Lipinski definition) is 1. The van der Waals surface area contributed by atoms with Gasteiger partial charge in [0.2, 0.25) is 0 Å². The zero-order valence-electron chi connectivity index (χ0n) is 7.99. The van der Waals surface area contributed by atoms with Crippen LogP contribution in [0.25, 0.3) is 0 Å². The number of rotatable bonds is 3. The van der Waals surface area contributed by atoms with E-state index < -0.39 is 23.4 Å². The first-order valence-corrected chi connectivity index (χ1v) is 6.28. The Morgan fingerprint density at radius 1 is 1.35 bits per heavy atom. The molecule has 0 aliphatic heterocycles. The Morgan fingerprint density at radius 3 is 2.47 bits per heavy atom. The lowest BCUT2D eigenvalue weighted by atomic mass is 10.3. The molecule has 0 aromatic heterocycles. The van der Waals surface area contributed by atoms with Crippen molar-refractivity contribution in [2.24, 2.45) is 0 Å². The molecule has 96 valence electrons. The smallest absolute Gasteiger partial charge is 0.404 e. The van der Waals surface area contributed by atoms with Gasteiger partial charge in [-0.2, -0.15) is 13.2 Å². The fourth-order valence-corrected chi connectivity index (χ4v) is 1.76. The van der Waals surface area contributed by atoms with Crippen molar-refractivity contribution in [1.29, 1.82) is 0 Å². The van der Waals surface area contributed by atoms with E-state index in [0.29, 0.717) is 0 Å². The summed E-state index contributed by atoms with van der Waals surface area (Å²) in [5.74, 6) is -0.802. The van der Waals surface area contributed by atoms with Crippen molar-refractivity contribution in [1.82, 2.24) is 0 Å². The van der Waals surface area contributed by atoms with Gasteiger partial charge in [-0.1, -0.05) is 27.5 Å². The molecule has 1 nitrogen and oxygen atoms in total. The lowest BCUT2D eigenvalue weighted by Crippen LogP contribution is -2.28. The highest BCUT2D eigenvalue weighted by Crippen LogP contribution is 2.32. The highest BCUT2D eigenvalue weighted by molar-refractivity contribution is 9.10. The normalized spacial score (nSPS) is 13.6. The lowest BCUT2D eigenvalue weighted by Gasteiger charge is -2.15. The van der Waals surface area contributed by atoms with Gasteiger partial charge in [0, 0.05) is 6.07 Å². The third-order valence-corrected chi connectivity index (χ3v) is 3.41. The summed E-state index contributed by atoms with van der Waals surface area (Å²) in [7, 11) is 0. The van der Waals surface area contributed by atoms with Crippen LogP contribution < -0.4 is 4.74 Å². The van der Waals surface area contributed by atoms with Crippen molar-refractivity contribution >= 4 is 43.5 Å². The van der Waals surface area contributed by atoms with Gasteiger partial charge < -0.3 is 4.74 Å². The van der Waals surface area contributed by atoms with E-state index in [9.17, 15) is 17.6 Å². The number of alkyl halides is 4. The number of benzene rings is 1. The molecule has 0 aliphatic carbocycles. The van der Waals surface area contributed by atoms with Crippen molar-refractivity contribution in [2.45, 2.75) is 11.0 Å². The standard InChI is InChI=1S/C9H5Br2ClF4O/c10-4-1-5(12)6(13)2-7(4)17-3-8(11)9(14,15)16/h1-2,8H,3H2. The van der Waals surface area contributed by atoms with Crippen LogP contribution in [0.1, 0.15) is 0 Å². The number of halogens is 7. The second-order valence-corrected chi connectivity index (χ2v) is 5.38. The lowest BCUT2D eigenvalue weighted by molar-refractivity contribution is -0.132. The molecular weight excluding hydrogens is 395 g/mol. The van der Waals surface area contributed by atoms with Crippen LogP contribution in [-0.4, -0.2) is 17.6 Å². The Balaban J connectivity index is 2.73. The molecule has 1 aromatic carbocycles. The van der Waals surface area contributed by atoms with E-state index in [4.69, 9.17) is 16.3 Å². The largest absolute Gasteiger partial charge is 0.491 e. The van der Waals surface area contributed by atoms with E-state index in [-0.39, 0.29) is 15.2 Å². The maximum absolute atomic E-state index is 13.1. The van der Waals surface area contributed by atoms with Crippen LogP contribution in [0.5, 0.6) is 5.75 Å². The van der Waals surface area contributed by atoms with Crippen LogP contribution in [0.15, 0.2) is 16.6 Å². The predicted molar refractivity (Wildman–Crippen MR) is 63.4 cm³/mol. The van der Waals surface area contributed by atoms with Gasteiger partial charge in [-0.3, -0.25) is 0 Å². The minimum atomic E-state index is -4.42. The van der Waals surface area contributed by atoms with Crippen molar-refractivity contribution in [3.63, 3.8) is 0 Å². The summed E-state index contributed by atoms with van der Waals surface area (Å²) in [6, 6.07) is 2.13. The average Bonchev–Trinajstić information content (AvgIpc) is 2.19. The summed E-state index contributed by atoms with van der Waals surface area (Å²) in [5.41, 5.74) is 0. The third-order valence-electron chi connectivity index (χ3n) is 1.72. The summed E-state index contributed by atoms with van der Waals surface area (Å²) in [4.78, 5) is -1.82. The molecule has 1 atom stereocenters. The minimum Gasteiger partial charge on any atom is -0.491 e. The van der Waals surface area contributed by atoms with E-state index in [2.05, 4.69) is 31.9 Å². The van der Waals surface area contributed by atoms with Gasteiger partial charge >= 0.3 is 6.18 Å². The molecule has 0 saturated heterocycles. The molecule has 0 amide bonds. The summed E-state index contributed by atoms with van der Waals surface area (Å²) in [6.45, 7) is -0.664. The maximum atomic E-state index is 13.1. The van der Waals surface area contributed by atoms with Crippen molar-refractivity contribution < 1.29 is 22.3 Å². The van der Waals surface area contributed by atoms with Gasteiger partial charge in [-0.05, 0) is 22.0 Å². The highest BCUT2D eigenvalue weighted by atomic mass is 79.9. The van der Waals surface area contributed by atoms with Gasteiger partial charge in [0.15, 0.2) is 0 Å². The fourth-order valence-electron chi connectivity index (χ4n) is 0.872. The molecule has 1 aromatic rings. The quantitative estimate of drug-likeness (QED) is 0.397. The maximum Gasteiger partial charge on any atom is 0.404 e. The number of ether oxygens (including phenoxy) is 1. The fraction of sp³-hybridized carbons (Fsp3) is 0.333. The monoisotopic (exact) mass is 398 g/mol. The zero-order valence-corrected chi connectivity index (χ0v) is 11.9. The summed E-state index contributed by atoms with van der Waals surface area (Å²) in [6.07, 6.45) is -4.42. The number of hydrogen-bond donors (Lipinski definition) is 0. The molecule has 0 heterocycles. The minimum absolute atomic E-state index is 0.0411. The summed E-state index contributed by atoms with van der Waals surface area (Å²) >= 11 is 10.9. The van der Waals surface area contributed by atoms with Gasteiger partial charge in [0.05, 0.1) is 9.50 Å². The van der Waals surface area contributed by atoms with Crippen molar-refractivity contribution in [3.8, 4) is 5.75 Å². The van der Waals surface area contributed by atoms with Gasteiger partial charge in [-0.15, -0.1) is 0 Å². The summed E-state index contributed by atoms with van der Waals surface area (Å²) in [5, 5.41) is -0.143. The molecule has 8 heteroatoms. The first-order valence-electron chi connectivity index (χ1n) is 4.20. The van der Waals surface area contributed by atoms with E-state index in [1.165, 1.54) is 6.07 Å². The van der Waals surface area contributed by atoms with E-state index in [0.717, 1.165) is 6.07 Å². The van der Waals surface area contributed by atoms with Crippen LogP contribution in [0.4, 0.5) is 17.6 Å². The Morgan fingerprint density at radius 2 is 1.94 bits per heavy atom.